The summed E-state index contributed by atoms with van der Waals surface area (Å²) in [4.78, 5) is 13.5. The Morgan fingerprint density at radius 1 is 0.929 bits per heavy atom. The summed E-state index contributed by atoms with van der Waals surface area (Å²) in [5.74, 6) is 1.06. The summed E-state index contributed by atoms with van der Waals surface area (Å²) >= 11 is 6.32. The molecule has 0 fully saturated rings. The third-order valence-electron chi connectivity index (χ3n) is 4.35. The molecule has 0 saturated carbocycles. The number of anilines is 2. The minimum absolute atomic E-state index is 0.345. The van der Waals surface area contributed by atoms with E-state index in [1.807, 2.05) is 24.3 Å². The summed E-state index contributed by atoms with van der Waals surface area (Å²) in [5.41, 5.74) is 1.92. The van der Waals surface area contributed by atoms with Crippen molar-refractivity contribution in [3.05, 3.63) is 71.6 Å². The number of hydrogen-bond donors (Lipinski definition) is 2. The van der Waals surface area contributed by atoms with E-state index < -0.39 is 0 Å². The Hall–Kier alpha value is -3.58. The van der Waals surface area contributed by atoms with Crippen LogP contribution in [0.5, 0.6) is 0 Å². The van der Waals surface area contributed by atoms with Gasteiger partial charge in [-0.2, -0.15) is 5.10 Å². The van der Waals surface area contributed by atoms with Gasteiger partial charge in [0.15, 0.2) is 17.3 Å². The highest BCUT2D eigenvalue weighted by Crippen LogP contribution is 2.31. The topological polar surface area (TPSA) is 79.4 Å². The highest BCUT2D eigenvalue weighted by Gasteiger charge is 2.15. The molecule has 3 aromatic heterocycles. The fraction of sp³-hybridized carbons (Fsp3) is 0. The average Bonchev–Trinajstić information content (AvgIpc) is 3.10. The minimum atomic E-state index is -0.345. The second-order valence-corrected chi connectivity index (χ2v) is 6.54. The number of benzene rings is 2. The predicted molar refractivity (Wildman–Crippen MR) is 107 cm³/mol. The number of rotatable bonds is 3. The normalized spacial score (nSPS) is 11.2. The molecule has 0 aliphatic carbocycles. The van der Waals surface area contributed by atoms with Gasteiger partial charge in [0.1, 0.15) is 11.6 Å². The summed E-state index contributed by atoms with van der Waals surface area (Å²) in [5, 5.41) is 12.2. The highest BCUT2D eigenvalue weighted by molar-refractivity contribution is 6.33. The van der Waals surface area contributed by atoms with Gasteiger partial charge in [-0.05, 0) is 42.5 Å². The Bertz CT molecular complexity index is 1330. The quantitative estimate of drug-likeness (QED) is 0.448. The summed E-state index contributed by atoms with van der Waals surface area (Å²) in [6, 6.07) is 15.4. The van der Waals surface area contributed by atoms with Gasteiger partial charge < -0.3 is 5.32 Å². The SMILES string of the molecule is Fc1ccc2[nH]nc(Nc3nc(-c4ccccc4Cl)nc4ncccc34)c2c1. The van der Waals surface area contributed by atoms with Crippen LogP contribution in [-0.4, -0.2) is 25.1 Å². The first-order valence-corrected chi connectivity index (χ1v) is 8.85. The molecule has 0 radical (unpaired) electrons. The molecule has 0 spiro atoms. The van der Waals surface area contributed by atoms with E-state index in [2.05, 4.69) is 30.5 Å². The monoisotopic (exact) mass is 390 g/mol. The second kappa shape index (κ2) is 6.54. The van der Waals surface area contributed by atoms with Gasteiger partial charge in [0.2, 0.25) is 0 Å². The molecule has 0 unspecified atom stereocenters. The van der Waals surface area contributed by atoms with Crippen LogP contribution in [0.3, 0.4) is 0 Å². The van der Waals surface area contributed by atoms with Crippen molar-refractivity contribution in [3.63, 3.8) is 0 Å². The van der Waals surface area contributed by atoms with Crippen molar-refractivity contribution in [3.8, 4) is 11.4 Å². The van der Waals surface area contributed by atoms with E-state index in [0.29, 0.717) is 50.0 Å². The van der Waals surface area contributed by atoms with Crippen molar-refractivity contribution >= 4 is 45.2 Å². The molecule has 8 heteroatoms. The molecule has 0 atom stereocenters. The molecule has 5 rings (SSSR count). The molecule has 5 aromatic rings. The van der Waals surface area contributed by atoms with Gasteiger partial charge in [-0.25, -0.2) is 19.3 Å². The molecular formula is C20H12ClFN6. The lowest BCUT2D eigenvalue weighted by Gasteiger charge is -2.10. The number of nitrogens with zero attached hydrogens (tertiary/aromatic N) is 4. The highest BCUT2D eigenvalue weighted by atomic mass is 35.5. The second-order valence-electron chi connectivity index (χ2n) is 6.14. The zero-order chi connectivity index (χ0) is 19.1. The molecule has 0 aliphatic heterocycles. The molecule has 136 valence electrons. The van der Waals surface area contributed by atoms with Crippen LogP contribution in [0.4, 0.5) is 16.0 Å². The lowest BCUT2D eigenvalue weighted by atomic mass is 10.2. The van der Waals surface area contributed by atoms with Crippen molar-refractivity contribution in [1.29, 1.82) is 0 Å². The number of fused-ring (bicyclic) bond motifs is 2. The van der Waals surface area contributed by atoms with Crippen LogP contribution in [0.15, 0.2) is 60.8 Å². The molecule has 6 nitrogen and oxygen atoms in total. The molecule has 0 bridgehead atoms. The van der Waals surface area contributed by atoms with E-state index in [1.165, 1.54) is 12.1 Å². The van der Waals surface area contributed by atoms with E-state index in [9.17, 15) is 4.39 Å². The molecule has 2 aromatic carbocycles. The Labute approximate surface area is 163 Å². The lowest BCUT2D eigenvalue weighted by molar-refractivity contribution is 0.630. The van der Waals surface area contributed by atoms with Crippen LogP contribution in [0.25, 0.3) is 33.3 Å². The Balaban J connectivity index is 1.69. The van der Waals surface area contributed by atoms with Crippen molar-refractivity contribution in [2.45, 2.75) is 0 Å². The van der Waals surface area contributed by atoms with Crippen LogP contribution in [-0.2, 0) is 0 Å². The third kappa shape index (κ3) is 2.82. The smallest absolute Gasteiger partial charge is 0.165 e. The van der Waals surface area contributed by atoms with Crippen molar-refractivity contribution in [2.75, 3.05) is 5.32 Å². The van der Waals surface area contributed by atoms with E-state index in [4.69, 9.17) is 11.6 Å². The summed E-state index contributed by atoms with van der Waals surface area (Å²) < 4.78 is 13.7. The predicted octanol–water partition coefficient (Wildman–Crippen LogP) is 5.10. The number of aromatic nitrogens is 5. The molecule has 0 saturated heterocycles. The number of hydrogen-bond acceptors (Lipinski definition) is 5. The van der Waals surface area contributed by atoms with Gasteiger partial charge in [0.25, 0.3) is 0 Å². The van der Waals surface area contributed by atoms with E-state index in [1.54, 1.807) is 24.4 Å². The maximum absolute atomic E-state index is 13.7. The Morgan fingerprint density at radius 3 is 2.71 bits per heavy atom. The first kappa shape index (κ1) is 16.6. The van der Waals surface area contributed by atoms with Gasteiger partial charge in [-0.15, -0.1) is 0 Å². The van der Waals surface area contributed by atoms with Gasteiger partial charge in [-0.3, -0.25) is 5.10 Å². The number of halogens is 2. The first-order valence-electron chi connectivity index (χ1n) is 8.47. The van der Waals surface area contributed by atoms with Gasteiger partial charge >= 0.3 is 0 Å². The van der Waals surface area contributed by atoms with Gasteiger partial charge in [0.05, 0.1) is 15.9 Å². The van der Waals surface area contributed by atoms with Crippen LogP contribution >= 0.6 is 11.6 Å². The van der Waals surface area contributed by atoms with E-state index in [-0.39, 0.29) is 5.82 Å². The molecule has 28 heavy (non-hydrogen) atoms. The van der Waals surface area contributed by atoms with E-state index >= 15 is 0 Å². The number of aromatic amines is 1. The fourth-order valence-electron chi connectivity index (χ4n) is 3.01. The zero-order valence-electron chi connectivity index (χ0n) is 14.3. The van der Waals surface area contributed by atoms with Crippen molar-refractivity contribution in [1.82, 2.24) is 25.1 Å². The maximum Gasteiger partial charge on any atom is 0.165 e. The maximum atomic E-state index is 13.7. The molecular weight excluding hydrogens is 379 g/mol. The standard InChI is InChI=1S/C20H12ClFN6/c21-15-6-2-1-4-12(15)18-24-17-13(5-3-9-23-17)19(25-18)26-20-14-10-11(22)7-8-16(14)27-28-20/h1-10H,(H2,23,24,25,26,27,28). The summed E-state index contributed by atoms with van der Waals surface area (Å²) in [6.07, 6.45) is 1.66. The molecule has 2 N–H and O–H groups in total. The van der Waals surface area contributed by atoms with Crippen LogP contribution in [0, 0.1) is 5.82 Å². The average molecular weight is 391 g/mol. The number of pyridine rings is 1. The van der Waals surface area contributed by atoms with Crippen molar-refractivity contribution in [2.24, 2.45) is 0 Å². The summed E-state index contributed by atoms with van der Waals surface area (Å²) in [7, 11) is 0. The largest absolute Gasteiger partial charge is 0.322 e. The van der Waals surface area contributed by atoms with Crippen molar-refractivity contribution < 1.29 is 4.39 Å². The van der Waals surface area contributed by atoms with Crippen LogP contribution < -0.4 is 5.32 Å². The van der Waals surface area contributed by atoms with Crippen LogP contribution in [0.2, 0.25) is 5.02 Å². The number of H-pyrrole nitrogens is 1. The van der Waals surface area contributed by atoms with Gasteiger partial charge in [0, 0.05) is 17.1 Å². The first-order chi connectivity index (χ1) is 13.7. The Kier molecular flexibility index (Phi) is 3.87. The molecule has 0 amide bonds. The Morgan fingerprint density at radius 2 is 1.82 bits per heavy atom. The summed E-state index contributed by atoms with van der Waals surface area (Å²) in [6.45, 7) is 0. The lowest BCUT2D eigenvalue weighted by Crippen LogP contribution is -2.01. The minimum Gasteiger partial charge on any atom is -0.322 e. The number of nitrogens with one attached hydrogen (secondary N) is 2. The van der Waals surface area contributed by atoms with E-state index in [0.717, 1.165) is 0 Å². The zero-order valence-corrected chi connectivity index (χ0v) is 15.1. The third-order valence-corrected chi connectivity index (χ3v) is 4.68. The molecule has 0 aliphatic rings. The van der Waals surface area contributed by atoms with Crippen LogP contribution in [0.1, 0.15) is 0 Å². The molecule has 3 heterocycles. The fourth-order valence-corrected chi connectivity index (χ4v) is 3.23. The van der Waals surface area contributed by atoms with Gasteiger partial charge in [-0.1, -0.05) is 23.7 Å².